The Morgan fingerprint density at radius 2 is 2.14 bits per heavy atom. The third-order valence-electron chi connectivity index (χ3n) is 2.79. The minimum absolute atomic E-state index is 0.866. The van der Waals surface area contributed by atoms with Crippen molar-refractivity contribution in [2.75, 3.05) is 6.61 Å². The summed E-state index contributed by atoms with van der Waals surface area (Å²) in [6.07, 6.45) is 11.8. The first-order valence-electron chi connectivity index (χ1n) is 6.21. The molecule has 1 nitrogen and oxygen atoms in total. The molecule has 1 heterocycles. The SMILES string of the molecule is CCCCCCC=C[SiH]1CCCCO1. The highest BCUT2D eigenvalue weighted by molar-refractivity contribution is 6.57. The molecule has 0 radical (unpaired) electrons. The first-order chi connectivity index (χ1) is 6.93. The van der Waals surface area contributed by atoms with E-state index in [1.54, 1.807) is 0 Å². The first-order valence-corrected chi connectivity index (χ1v) is 8.17. The maximum absolute atomic E-state index is 5.76. The Balaban J connectivity index is 1.96. The van der Waals surface area contributed by atoms with Gasteiger partial charge in [-0.15, -0.1) is 0 Å². The molecule has 2 heteroatoms. The summed E-state index contributed by atoms with van der Waals surface area (Å²) in [5.41, 5.74) is 2.41. The Morgan fingerprint density at radius 1 is 1.21 bits per heavy atom. The van der Waals surface area contributed by atoms with E-state index in [1.165, 1.54) is 51.0 Å². The fourth-order valence-corrected chi connectivity index (χ4v) is 3.98. The molecule has 1 saturated heterocycles. The molecule has 0 bridgehead atoms. The molecule has 0 aliphatic carbocycles. The quantitative estimate of drug-likeness (QED) is 0.483. The summed E-state index contributed by atoms with van der Waals surface area (Å²) in [6.45, 7) is 3.29. The van der Waals surface area contributed by atoms with E-state index in [0.29, 0.717) is 0 Å². The number of hydrogen-bond acceptors (Lipinski definition) is 1. The Kier molecular flexibility index (Phi) is 7.06. The lowest BCUT2D eigenvalue weighted by molar-refractivity contribution is 0.294. The zero-order valence-electron chi connectivity index (χ0n) is 9.50. The second-order valence-corrected chi connectivity index (χ2v) is 6.55. The number of rotatable bonds is 6. The van der Waals surface area contributed by atoms with Crippen LogP contribution >= 0.6 is 0 Å². The minimum atomic E-state index is -0.866. The normalized spacial score (nSPS) is 23.1. The van der Waals surface area contributed by atoms with E-state index in [2.05, 4.69) is 18.7 Å². The van der Waals surface area contributed by atoms with E-state index in [0.717, 1.165) is 6.61 Å². The fourth-order valence-electron chi connectivity index (χ4n) is 1.85. The third kappa shape index (κ3) is 5.61. The van der Waals surface area contributed by atoms with Crippen molar-refractivity contribution in [1.82, 2.24) is 0 Å². The Bertz CT molecular complexity index is 150. The van der Waals surface area contributed by atoms with Gasteiger partial charge in [-0.05, 0) is 25.3 Å². The predicted molar refractivity (Wildman–Crippen MR) is 65.0 cm³/mol. The van der Waals surface area contributed by atoms with E-state index in [4.69, 9.17) is 4.43 Å². The van der Waals surface area contributed by atoms with Crippen LogP contribution in [0, 0.1) is 0 Å². The molecule has 82 valence electrons. The average Bonchev–Trinajstić information content (AvgIpc) is 2.25. The molecule has 0 saturated carbocycles. The second-order valence-electron chi connectivity index (χ2n) is 4.18. The molecule has 0 amide bonds. The summed E-state index contributed by atoms with van der Waals surface area (Å²) in [7, 11) is -0.866. The Hall–Kier alpha value is -0.0831. The van der Waals surface area contributed by atoms with Gasteiger partial charge in [-0.3, -0.25) is 0 Å². The van der Waals surface area contributed by atoms with Gasteiger partial charge in [0, 0.05) is 6.61 Å². The molecule has 1 fully saturated rings. The van der Waals surface area contributed by atoms with Crippen molar-refractivity contribution in [2.45, 2.75) is 57.9 Å². The van der Waals surface area contributed by atoms with Crippen molar-refractivity contribution in [3.05, 3.63) is 11.8 Å². The highest BCUT2D eigenvalue weighted by atomic mass is 28.3. The Labute approximate surface area is 90.3 Å². The van der Waals surface area contributed by atoms with Gasteiger partial charge in [-0.2, -0.15) is 0 Å². The van der Waals surface area contributed by atoms with Gasteiger partial charge in [-0.1, -0.05) is 44.4 Å². The lowest BCUT2D eigenvalue weighted by Crippen LogP contribution is -2.20. The molecule has 1 rings (SSSR count). The van der Waals surface area contributed by atoms with Gasteiger partial charge in [-0.25, -0.2) is 0 Å². The van der Waals surface area contributed by atoms with E-state index < -0.39 is 9.04 Å². The van der Waals surface area contributed by atoms with Crippen LogP contribution in [-0.2, 0) is 4.43 Å². The lowest BCUT2D eigenvalue weighted by Gasteiger charge is -2.17. The fraction of sp³-hybridized carbons (Fsp3) is 0.833. The van der Waals surface area contributed by atoms with Crippen LogP contribution in [0.1, 0.15) is 51.9 Å². The largest absolute Gasteiger partial charge is 0.416 e. The summed E-state index contributed by atoms with van der Waals surface area (Å²) in [4.78, 5) is 0. The number of allylic oxidation sites excluding steroid dienone is 1. The highest BCUT2D eigenvalue weighted by Gasteiger charge is 2.11. The lowest BCUT2D eigenvalue weighted by atomic mass is 10.2. The van der Waals surface area contributed by atoms with E-state index in [9.17, 15) is 0 Å². The van der Waals surface area contributed by atoms with Crippen LogP contribution in [0.15, 0.2) is 11.8 Å². The zero-order chi connectivity index (χ0) is 10.1. The predicted octanol–water partition coefficient (Wildman–Crippen LogP) is 3.59. The number of unbranched alkanes of at least 4 members (excludes halogenated alkanes) is 4. The van der Waals surface area contributed by atoms with Gasteiger partial charge < -0.3 is 4.43 Å². The van der Waals surface area contributed by atoms with Crippen molar-refractivity contribution >= 4 is 9.04 Å². The van der Waals surface area contributed by atoms with Crippen LogP contribution in [0.5, 0.6) is 0 Å². The summed E-state index contributed by atoms with van der Waals surface area (Å²) in [5.74, 6) is 0. The standard InChI is InChI=1S/C12H24OSi/c1-2-3-4-5-6-8-11-14-12-9-7-10-13-14/h8,11,14H,2-7,9-10,12H2,1H3. The molecule has 14 heavy (non-hydrogen) atoms. The van der Waals surface area contributed by atoms with Crippen molar-refractivity contribution in [3.8, 4) is 0 Å². The van der Waals surface area contributed by atoms with E-state index >= 15 is 0 Å². The third-order valence-corrected chi connectivity index (χ3v) is 5.13. The number of hydrogen-bond donors (Lipinski definition) is 0. The molecular formula is C12H24OSi. The molecular weight excluding hydrogens is 188 g/mol. The smallest absolute Gasteiger partial charge is 0.200 e. The van der Waals surface area contributed by atoms with Crippen LogP contribution in [0.3, 0.4) is 0 Å². The summed E-state index contributed by atoms with van der Waals surface area (Å²) in [5, 5.41) is 0. The van der Waals surface area contributed by atoms with Crippen molar-refractivity contribution in [1.29, 1.82) is 0 Å². The first kappa shape index (κ1) is 12.0. The highest BCUT2D eigenvalue weighted by Crippen LogP contribution is 2.12. The van der Waals surface area contributed by atoms with Gasteiger partial charge in [0.25, 0.3) is 0 Å². The summed E-state index contributed by atoms with van der Waals surface area (Å²) < 4.78 is 5.76. The molecule has 1 aliphatic rings. The second kappa shape index (κ2) is 8.24. The maximum atomic E-state index is 5.76. The van der Waals surface area contributed by atoms with E-state index in [1.807, 2.05) is 0 Å². The summed E-state index contributed by atoms with van der Waals surface area (Å²) >= 11 is 0. The van der Waals surface area contributed by atoms with Crippen LogP contribution < -0.4 is 0 Å². The summed E-state index contributed by atoms with van der Waals surface area (Å²) in [6, 6.07) is 1.37. The molecule has 1 unspecified atom stereocenters. The van der Waals surface area contributed by atoms with Gasteiger partial charge in [0.05, 0.1) is 0 Å². The molecule has 0 aromatic heterocycles. The van der Waals surface area contributed by atoms with Crippen LogP contribution in [-0.4, -0.2) is 15.6 Å². The average molecular weight is 212 g/mol. The zero-order valence-corrected chi connectivity index (χ0v) is 10.7. The van der Waals surface area contributed by atoms with Crippen molar-refractivity contribution in [3.63, 3.8) is 0 Å². The molecule has 0 N–H and O–H groups in total. The van der Waals surface area contributed by atoms with Gasteiger partial charge in [0.1, 0.15) is 0 Å². The van der Waals surface area contributed by atoms with Crippen LogP contribution in [0.25, 0.3) is 0 Å². The minimum Gasteiger partial charge on any atom is -0.416 e. The molecule has 1 atom stereocenters. The molecule has 1 aliphatic heterocycles. The van der Waals surface area contributed by atoms with Crippen molar-refractivity contribution < 1.29 is 4.43 Å². The van der Waals surface area contributed by atoms with Gasteiger partial charge >= 0.3 is 0 Å². The van der Waals surface area contributed by atoms with Crippen molar-refractivity contribution in [2.24, 2.45) is 0 Å². The Morgan fingerprint density at radius 3 is 2.86 bits per heavy atom. The molecule has 0 spiro atoms. The topological polar surface area (TPSA) is 9.23 Å². The molecule has 0 aromatic rings. The van der Waals surface area contributed by atoms with Crippen LogP contribution in [0.2, 0.25) is 6.04 Å². The maximum Gasteiger partial charge on any atom is 0.200 e. The van der Waals surface area contributed by atoms with Gasteiger partial charge in [0.2, 0.25) is 9.04 Å². The van der Waals surface area contributed by atoms with Gasteiger partial charge in [0.15, 0.2) is 0 Å². The van der Waals surface area contributed by atoms with Crippen LogP contribution in [0.4, 0.5) is 0 Å². The molecule has 0 aromatic carbocycles. The monoisotopic (exact) mass is 212 g/mol. The van der Waals surface area contributed by atoms with E-state index in [-0.39, 0.29) is 0 Å².